The van der Waals surface area contributed by atoms with E-state index in [9.17, 15) is 9.59 Å². The fourth-order valence-corrected chi connectivity index (χ4v) is 6.62. The normalized spacial score (nSPS) is 17.2. The average Bonchev–Trinajstić information content (AvgIpc) is 3.88. The number of esters is 1. The van der Waals surface area contributed by atoms with Gasteiger partial charge in [0.15, 0.2) is 5.69 Å². The third kappa shape index (κ3) is 6.95. The third-order valence-electron chi connectivity index (χ3n) is 9.33. The monoisotopic (exact) mass is 648 g/mol. The van der Waals surface area contributed by atoms with Gasteiger partial charge in [0.2, 0.25) is 0 Å². The van der Waals surface area contributed by atoms with Crippen LogP contribution in [0.25, 0.3) is 22.0 Å². The number of likely N-dealkylation sites (tertiary alicyclic amines) is 1. The second kappa shape index (κ2) is 14.0. The van der Waals surface area contributed by atoms with Gasteiger partial charge in [0.1, 0.15) is 11.6 Å². The molecule has 48 heavy (non-hydrogen) atoms. The van der Waals surface area contributed by atoms with E-state index in [0.29, 0.717) is 36.3 Å². The highest BCUT2D eigenvalue weighted by molar-refractivity contribution is 6.04. The predicted octanol–water partition coefficient (Wildman–Crippen LogP) is 5.31. The lowest BCUT2D eigenvalue weighted by Crippen LogP contribution is -2.38. The van der Waals surface area contributed by atoms with E-state index in [4.69, 9.17) is 9.47 Å². The number of fused-ring (bicyclic) bond motifs is 1. The summed E-state index contributed by atoms with van der Waals surface area (Å²) in [5.74, 6) is 0.653. The predicted molar refractivity (Wildman–Crippen MR) is 183 cm³/mol. The molecule has 0 aliphatic carbocycles. The molecule has 1 atom stereocenters. The van der Waals surface area contributed by atoms with Crippen molar-refractivity contribution in [2.24, 2.45) is 0 Å². The van der Waals surface area contributed by atoms with E-state index in [0.717, 1.165) is 66.7 Å². The summed E-state index contributed by atoms with van der Waals surface area (Å²) in [5.41, 5.74) is 4.98. The van der Waals surface area contributed by atoms with Crippen molar-refractivity contribution >= 4 is 34.4 Å². The highest BCUT2D eigenvalue weighted by atomic mass is 16.5. The SMILES string of the molecule is COC(=O)c1cccc(N2CCC(OCCn3cc(-c4ccc(C(=O)Nc5cc6[nH]c([C@H]7CCCN7C)cc6cn5)cc4)cn3)CC2)n1. The molecule has 4 aromatic heterocycles. The average molecular weight is 649 g/mol. The minimum atomic E-state index is -0.433. The number of pyridine rings is 2. The molecule has 12 nitrogen and oxygen atoms in total. The first-order valence-electron chi connectivity index (χ1n) is 16.5. The van der Waals surface area contributed by atoms with Gasteiger partial charge in [0.25, 0.3) is 5.91 Å². The molecule has 0 saturated carbocycles. The number of hydrogen-bond acceptors (Lipinski definition) is 9. The molecule has 2 fully saturated rings. The number of carbonyl (C=O) groups is 2. The van der Waals surface area contributed by atoms with Crippen LogP contribution in [0.1, 0.15) is 58.3 Å². The van der Waals surface area contributed by atoms with Crippen LogP contribution in [0, 0.1) is 0 Å². The summed E-state index contributed by atoms with van der Waals surface area (Å²) in [6, 6.07) is 17.4. The highest BCUT2D eigenvalue weighted by Crippen LogP contribution is 2.32. The second-order valence-corrected chi connectivity index (χ2v) is 12.5. The van der Waals surface area contributed by atoms with Gasteiger partial charge < -0.3 is 24.7 Å². The summed E-state index contributed by atoms with van der Waals surface area (Å²) in [4.78, 5) is 41.8. The minimum absolute atomic E-state index is 0.162. The number of piperidine rings is 1. The molecule has 5 aromatic rings. The van der Waals surface area contributed by atoms with E-state index in [1.54, 1.807) is 6.07 Å². The number of hydrogen-bond donors (Lipinski definition) is 2. The number of carbonyl (C=O) groups excluding carboxylic acids is 2. The van der Waals surface area contributed by atoms with Crippen LogP contribution in [0.4, 0.5) is 11.6 Å². The summed E-state index contributed by atoms with van der Waals surface area (Å²) in [6.45, 7) is 3.91. The third-order valence-corrected chi connectivity index (χ3v) is 9.33. The Balaban J connectivity index is 0.880. The number of rotatable bonds is 10. The van der Waals surface area contributed by atoms with Gasteiger partial charge in [-0.3, -0.25) is 14.4 Å². The number of ether oxygens (including phenoxy) is 2. The van der Waals surface area contributed by atoms with Gasteiger partial charge in [-0.2, -0.15) is 5.10 Å². The molecule has 2 aliphatic heterocycles. The van der Waals surface area contributed by atoms with Gasteiger partial charge in [-0.05, 0) is 75.2 Å². The second-order valence-electron chi connectivity index (χ2n) is 12.5. The quantitative estimate of drug-likeness (QED) is 0.194. The number of methoxy groups -OCH3 is 1. The Labute approximate surface area is 279 Å². The zero-order chi connectivity index (χ0) is 33.0. The number of nitrogens with one attached hydrogen (secondary N) is 2. The Morgan fingerprint density at radius 3 is 2.60 bits per heavy atom. The topological polar surface area (TPSA) is 130 Å². The molecule has 2 aliphatic rings. The number of H-pyrrole nitrogens is 1. The molecule has 0 spiro atoms. The molecule has 7 rings (SSSR count). The lowest BCUT2D eigenvalue weighted by Gasteiger charge is -2.32. The van der Waals surface area contributed by atoms with Crippen LogP contribution in [0.15, 0.2) is 73.2 Å². The van der Waals surface area contributed by atoms with Crippen LogP contribution in [-0.2, 0) is 16.0 Å². The van der Waals surface area contributed by atoms with Crippen molar-refractivity contribution < 1.29 is 19.1 Å². The van der Waals surface area contributed by atoms with Crippen molar-refractivity contribution in [2.45, 2.75) is 44.4 Å². The largest absolute Gasteiger partial charge is 0.464 e. The maximum atomic E-state index is 13.0. The summed E-state index contributed by atoms with van der Waals surface area (Å²) in [6.07, 6.45) is 9.89. The van der Waals surface area contributed by atoms with E-state index in [1.807, 2.05) is 65.7 Å². The van der Waals surface area contributed by atoms with Crippen molar-refractivity contribution in [1.82, 2.24) is 29.6 Å². The van der Waals surface area contributed by atoms with Crippen LogP contribution < -0.4 is 10.2 Å². The van der Waals surface area contributed by atoms with Gasteiger partial charge in [-0.25, -0.2) is 14.8 Å². The molecule has 1 amide bonds. The van der Waals surface area contributed by atoms with E-state index < -0.39 is 5.97 Å². The smallest absolute Gasteiger partial charge is 0.356 e. The van der Waals surface area contributed by atoms with E-state index >= 15 is 0 Å². The maximum absolute atomic E-state index is 13.0. The maximum Gasteiger partial charge on any atom is 0.356 e. The first-order valence-corrected chi connectivity index (χ1v) is 16.5. The Kier molecular flexibility index (Phi) is 9.17. The molecule has 1 aromatic carbocycles. The van der Waals surface area contributed by atoms with Gasteiger partial charge in [-0.1, -0.05) is 18.2 Å². The Hall–Kier alpha value is -5.07. The van der Waals surface area contributed by atoms with Crippen LogP contribution >= 0.6 is 0 Å². The van der Waals surface area contributed by atoms with E-state index in [-0.39, 0.29) is 12.0 Å². The molecule has 2 N–H and O–H groups in total. The number of benzene rings is 1. The Morgan fingerprint density at radius 2 is 1.83 bits per heavy atom. The van der Waals surface area contributed by atoms with Crippen LogP contribution in [0.5, 0.6) is 0 Å². The Morgan fingerprint density at radius 1 is 1.00 bits per heavy atom. The van der Waals surface area contributed by atoms with Gasteiger partial charge in [0, 0.05) is 59.8 Å². The fraction of sp³-hybridized carbons (Fsp3) is 0.361. The molecule has 6 heterocycles. The lowest BCUT2D eigenvalue weighted by atomic mass is 10.1. The lowest BCUT2D eigenvalue weighted by molar-refractivity contribution is 0.0310. The molecule has 12 heteroatoms. The number of aromatic amines is 1. The summed E-state index contributed by atoms with van der Waals surface area (Å²) in [7, 11) is 3.51. The number of anilines is 2. The standard InChI is InChI=1S/C36H40N8O4/c1-42-14-4-6-32(42)31-19-26-21-37-33(20-30(26)39-31)41-35(45)25-10-8-24(9-11-25)27-22-38-44(23-27)17-18-48-28-12-15-43(16-13-28)34-7-3-5-29(40-34)36(46)47-2/h3,5,7-11,19-23,28,32,39H,4,6,12-18H2,1-2H3,(H,37,41,45)/t32-/m1/s1. The van der Waals surface area contributed by atoms with Crippen molar-refractivity contribution in [1.29, 1.82) is 0 Å². The van der Waals surface area contributed by atoms with Crippen molar-refractivity contribution in [3.8, 4) is 11.1 Å². The molecular formula is C36H40N8O4. The van der Waals surface area contributed by atoms with Crippen molar-refractivity contribution in [3.63, 3.8) is 0 Å². The van der Waals surface area contributed by atoms with Crippen molar-refractivity contribution in [3.05, 3.63) is 90.1 Å². The zero-order valence-electron chi connectivity index (χ0n) is 27.3. The van der Waals surface area contributed by atoms with E-state index in [2.05, 4.69) is 48.3 Å². The van der Waals surface area contributed by atoms with Crippen LogP contribution in [-0.4, -0.2) is 88.0 Å². The van der Waals surface area contributed by atoms with Gasteiger partial charge >= 0.3 is 5.97 Å². The molecule has 0 unspecified atom stereocenters. The first kappa shape index (κ1) is 31.5. The number of amides is 1. The molecule has 0 bridgehead atoms. The zero-order valence-corrected chi connectivity index (χ0v) is 27.3. The van der Waals surface area contributed by atoms with E-state index in [1.165, 1.54) is 19.2 Å². The Bertz CT molecular complexity index is 1890. The van der Waals surface area contributed by atoms with Crippen LogP contribution in [0.2, 0.25) is 0 Å². The summed E-state index contributed by atoms with van der Waals surface area (Å²) < 4.78 is 12.8. The first-order chi connectivity index (χ1) is 23.4. The number of nitrogens with zero attached hydrogens (tertiary/aromatic N) is 6. The molecular weight excluding hydrogens is 608 g/mol. The molecule has 0 radical (unpaired) electrons. The van der Waals surface area contributed by atoms with Crippen LogP contribution in [0.3, 0.4) is 0 Å². The fourth-order valence-electron chi connectivity index (χ4n) is 6.62. The van der Waals surface area contributed by atoms with Gasteiger partial charge in [-0.15, -0.1) is 0 Å². The number of aromatic nitrogens is 5. The minimum Gasteiger partial charge on any atom is -0.464 e. The summed E-state index contributed by atoms with van der Waals surface area (Å²) in [5, 5.41) is 8.49. The highest BCUT2D eigenvalue weighted by Gasteiger charge is 2.24. The molecule has 2 saturated heterocycles. The van der Waals surface area contributed by atoms with Crippen molar-refractivity contribution in [2.75, 3.05) is 50.6 Å². The summed E-state index contributed by atoms with van der Waals surface area (Å²) >= 11 is 0. The molecule has 248 valence electrons. The van der Waals surface area contributed by atoms with Gasteiger partial charge in [0.05, 0.1) is 38.1 Å².